The molecule has 47 heavy (non-hydrogen) atoms. The van der Waals surface area contributed by atoms with Gasteiger partial charge in [-0.1, -0.05) is 39.8 Å². The van der Waals surface area contributed by atoms with E-state index in [0.717, 1.165) is 0 Å². The van der Waals surface area contributed by atoms with E-state index in [0.29, 0.717) is 37.0 Å². The molecule has 17 heteroatoms. The lowest BCUT2D eigenvalue weighted by molar-refractivity contribution is -0.143. The van der Waals surface area contributed by atoms with Crippen molar-refractivity contribution < 1.29 is 42.8 Å². The van der Waals surface area contributed by atoms with Crippen LogP contribution in [-0.4, -0.2) is 93.0 Å². The molecular weight excluding hydrogens is 651 g/mol. The Bertz CT molecular complexity index is 1290. The lowest BCUT2D eigenvalue weighted by atomic mass is 10.00. The third-order valence-corrected chi connectivity index (χ3v) is 8.71. The van der Waals surface area contributed by atoms with Gasteiger partial charge >= 0.3 is 7.82 Å². The number of nitrogens with two attached hydrogens (primary N) is 2. The number of likely N-dealkylation sites (tertiary alicyclic amines) is 1. The van der Waals surface area contributed by atoms with E-state index in [2.05, 4.69) is 20.5 Å². The van der Waals surface area contributed by atoms with Crippen molar-refractivity contribution in [3.63, 3.8) is 0 Å². The molecule has 15 nitrogen and oxygen atoms in total. The molecule has 0 radical (unpaired) electrons. The molecule has 0 aliphatic carbocycles. The Balaban J connectivity index is 2.11. The Kier molecular flexibility index (Phi) is 15.7. The van der Waals surface area contributed by atoms with Crippen molar-refractivity contribution in [2.24, 2.45) is 23.3 Å². The number of carbonyl (C=O) groups is 5. The minimum atomic E-state index is -4.71. The van der Waals surface area contributed by atoms with Crippen molar-refractivity contribution in [3.05, 3.63) is 29.8 Å². The highest BCUT2D eigenvalue weighted by Gasteiger charge is 2.40. The number of carbonyl (C=O) groups excluding carboxylic acids is 5. The number of phosphoric ester groups is 1. The number of rotatable bonds is 18. The second kappa shape index (κ2) is 18.4. The molecular formula is C30H49N6O9PS. The second-order valence-electron chi connectivity index (χ2n) is 12.4. The SMILES string of the molecule is CSCC[C@H](NC(=O)[C@@H]1CCCN1C(=O)[C@@H](NC(=O)[C@@H](N)Cc1ccc(OP(=O)(O)O)cc1)C(C)C)C(=O)N[C@@H](CC(C)C)C(N)=O. The van der Waals surface area contributed by atoms with Gasteiger partial charge in [-0.15, -0.1) is 0 Å². The van der Waals surface area contributed by atoms with Gasteiger partial charge in [0.05, 0.1) is 6.04 Å². The fraction of sp³-hybridized carbons (Fsp3) is 0.633. The molecule has 1 fully saturated rings. The van der Waals surface area contributed by atoms with Gasteiger partial charge in [0.25, 0.3) is 0 Å². The Morgan fingerprint density at radius 2 is 1.66 bits per heavy atom. The highest BCUT2D eigenvalue weighted by Crippen LogP contribution is 2.37. The van der Waals surface area contributed by atoms with Gasteiger partial charge in [-0.3, -0.25) is 33.8 Å². The molecule has 1 aromatic rings. The average Bonchev–Trinajstić information content (AvgIpc) is 3.47. The zero-order valence-corrected chi connectivity index (χ0v) is 29.2. The maximum atomic E-state index is 13.8. The first-order valence-corrected chi connectivity index (χ1v) is 18.4. The summed E-state index contributed by atoms with van der Waals surface area (Å²) in [7, 11) is -4.71. The van der Waals surface area contributed by atoms with E-state index < -0.39 is 67.6 Å². The summed E-state index contributed by atoms with van der Waals surface area (Å²) in [6, 6.07) is 0.986. The summed E-state index contributed by atoms with van der Waals surface area (Å²) >= 11 is 1.49. The Hall–Kier alpha value is -3.17. The van der Waals surface area contributed by atoms with Crippen molar-refractivity contribution in [3.8, 4) is 5.75 Å². The van der Waals surface area contributed by atoms with E-state index in [1.807, 2.05) is 20.1 Å². The first kappa shape index (κ1) is 40.0. The third-order valence-electron chi connectivity index (χ3n) is 7.62. The number of nitrogens with zero attached hydrogens (tertiary/aromatic N) is 1. The fourth-order valence-corrected chi connectivity index (χ4v) is 6.06. The quantitative estimate of drug-likeness (QED) is 0.103. The molecule has 264 valence electrons. The number of benzene rings is 1. The summed E-state index contributed by atoms with van der Waals surface area (Å²) in [4.78, 5) is 84.8. The number of primary amides is 1. The Morgan fingerprint density at radius 1 is 1.02 bits per heavy atom. The molecule has 9 N–H and O–H groups in total. The minimum absolute atomic E-state index is 0.0491. The van der Waals surface area contributed by atoms with Gasteiger partial charge < -0.3 is 36.8 Å². The number of thioether (sulfide) groups is 1. The molecule has 1 aromatic carbocycles. The molecule has 0 bridgehead atoms. The van der Waals surface area contributed by atoms with Crippen LogP contribution in [0.25, 0.3) is 0 Å². The fourth-order valence-electron chi connectivity index (χ4n) is 5.19. The first-order valence-electron chi connectivity index (χ1n) is 15.5. The number of amides is 5. The van der Waals surface area contributed by atoms with Crippen molar-refractivity contribution in [1.29, 1.82) is 0 Å². The largest absolute Gasteiger partial charge is 0.524 e. The molecule has 5 amide bonds. The van der Waals surface area contributed by atoms with Crippen LogP contribution in [0.5, 0.6) is 5.75 Å². The average molecular weight is 701 g/mol. The predicted octanol–water partition coefficient (Wildman–Crippen LogP) is 0.414. The van der Waals surface area contributed by atoms with Gasteiger partial charge in [-0.05, 0) is 73.6 Å². The van der Waals surface area contributed by atoms with E-state index in [9.17, 15) is 28.5 Å². The molecule has 1 aliphatic rings. The smallest absolute Gasteiger partial charge is 0.404 e. The second-order valence-corrected chi connectivity index (χ2v) is 14.5. The van der Waals surface area contributed by atoms with Crippen LogP contribution in [0.4, 0.5) is 0 Å². The maximum absolute atomic E-state index is 13.8. The van der Waals surface area contributed by atoms with Crippen LogP contribution >= 0.6 is 19.6 Å². The summed E-state index contributed by atoms with van der Waals surface area (Å²) in [6.07, 6.45) is 3.50. The minimum Gasteiger partial charge on any atom is -0.404 e. The number of phosphoric acid groups is 1. The summed E-state index contributed by atoms with van der Waals surface area (Å²) in [5, 5.41) is 8.17. The lowest BCUT2D eigenvalue weighted by Gasteiger charge is -2.32. The predicted molar refractivity (Wildman–Crippen MR) is 178 cm³/mol. The maximum Gasteiger partial charge on any atom is 0.524 e. The van der Waals surface area contributed by atoms with Crippen molar-refractivity contribution in [2.75, 3.05) is 18.6 Å². The highest BCUT2D eigenvalue weighted by molar-refractivity contribution is 7.98. The number of hydrogen-bond acceptors (Lipinski definition) is 9. The molecule has 1 saturated heterocycles. The third kappa shape index (κ3) is 13.1. The normalized spacial score (nSPS) is 17.5. The van der Waals surface area contributed by atoms with Crippen LogP contribution in [0.15, 0.2) is 24.3 Å². The van der Waals surface area contributed by atoms with Gasteiger partial charge in [0.15, 0.2) is 0 Å². The molecule has 0 unspecified atom stereocenters. The lowest BCUT2D eigenvalue weighted by Crippen LogP contribution is -2.59. The van der Waals surface area contributed by atoms with Gasteiger partial charge in [0.2, 0.25) is 29.5 Å². The molecule has 5 atom stereocenters. The van der Waals surface area contributed by atoms with E-state index in [-0.39, 0.29) is 30.6 Å². The molecule has 2 rings (SSSR count). The molecule has 1 heterocycles. The summed E-state index contributed by atoms with van der Waals surface area (Å²) < 4.78 is 15.6. The van der Waals surface area contributed by atoms with Crippen LogP contribution < -0.4 is 31.9 Å². The van der Waals surface area contributed by atoms with Crippen LogP contribution in [0, 0.1) is 11.8 Å². The van der Waals surface area contributed by atoms with Crippen LogP contribution in [0.1, 0.15) is 58.9 Å². The molecule has 0 spiro atoms. The van der Waals surface area contributed by atoms with Gasteiger partial charge in [-0.2, -0.15) is 11.8 Å². The number of hydrogen-bond donors (Lipinski definition) is 7. The van der Waals surface area contributed by atoms with E-state index in [4.69, 9.17) is 21.3 Å². The Morgan fingerprint density at radius 3 is 2.19 bits per heavy atom. The molecule has 0 saturated carbocycles. The summed E-state index contributed by atoms with van der Waals surface area (Å²) in [6.45, 7) is 7.60. The molecule has 1 aliphatic heterocycles. The zero-order chi connectivity index (χ0) is 35.5. The van der Waals surface area contributed by atoms with E-state index >= 15 is 0 Å². The van der Waals surface area contributed by atoms with Crippen LogP contribution in [0.3, 0.4) is 0 Å². The monoisotopic (exact) mass is 700 g/mol. The zero-order valence-electron chi connectivity index (χ0n) is 27.5. The number of nitrogens with one attached hydrogen (secondary N) is 3. The first-order chi connectivity index (χ1) is 21.9. The standard InChI is InChI=1S/C30H49N6O9PS/c1-17(2)15-23(26(32)37)34-28(39)22(12-14-47-5)33-29(40)24-7-6-13-36(24)30(41)25(18(3)4)35-27(38)21(31)16-19-8-10-20(11-9-19)45-46(42,43)44/h8-11,17-18,21-25H,6-7,12-16,31H2,1-5H3,(H2,32,37)(H,33,40)(H,34,39)(H,35,38)(H2,42,43,44)/t21-,22-,23-,24-,25-/m0/s1. The van der Waals surface area contributed by atoms with Gasteiger partial charge in [0, 0.05) is 6.54 Å². The Labute approximate surface area is 279 Å². The van der Waals surface area contributed by atoms with Crippen molar-refractivity contribution in [2.45, 2.75) is 90.0 Å². The van der Waals surface area contributed by atoms with E-state index in [1.54, 1.807) is 13.8 Å². The topological polar surface area (TPSA) is 243 Å². The van der Waals surface area contributed by atoms with Gasteiger partial charge in [0.1, 0.15) is 29.9 Å². The van der Waals surface area contributed by atoms with Crippen LogP contribution in [0.2, 0.25) is 0 Å². The van der Waals surface area contributed by atoms with Crippen molar-refractivity contribution >= 4 is 49.1 Å². The summed E-state index contributed by atoms with van der Waals surface area (Å²) in [5.74, 6) is -2.48. The highest BCUT2D eigenvalue weighted by atomic mass is 32.2. The van der Waals surface area contributed by atoms with Crippen LogP contribution in [-0.2, 0) is 35.0 Å². The summed E-state index contributed by atoms with van der Waals surface area (Å²) in [5.41, 5.74) is 12.2. The molecule has 0 aromatic heterocycles. The van der Waals surface area contributed by atoms with Crippen molar-refractivity contribution in [1.82, 2.24) is 20.9 Å². The van der Waals surface area contributed by atoms with E-state index in [1.165, 1.54) is 40.9 Å². The van der Waals surface area contributed by atoms with Gasteiger partial charge in [-0.25, -0.2) is 4.57 Å².